The van der Waals surface area contributed by atoms with E-state index in [9.17, 15) is 30.4 Å². The van der Waals surface area contributed by atoms with Crippen LogP contribution in [0.25, 0.3) is 11.1 Å². The molecule has 0 aromatic heterocycles. The average molecular weight is 581 g/mol. The lowest BCUT2D eigenvalue weighted by atomic mass is 9.76. The van der Waals surface area contributed by atoms with Crippen molar-refractivity contribution in [1.82, 2.24) is 9.21 Å². The van der Waals surface area contributed by atoms with Crippen molar-refractivity contribution in [3.05, 3.63) is 88.2 Å². The van der Waals surface area contributed by atoms with Gasteiger partial charge >= 0.3 is 0 Å². The van der Waals surface area contributed by atoms with Crippen molar-refractivity contribution in [3.8, 4) is 11.1 Å². The van der Waals surface area contributed by atoms with Crippen LogP contribution in [-0.4, -0.2) is 49.8 Å². The fourth-order valence-corrected chi connectivity index (χ4v) is 7.03. The lowest BCUT2D eigenvalue weighted by Gasteiger charge is -2.53. The summed E-state index contributed by atoms with van der Waals surface area (Å²) in [5, 5.41) is 0. The number of sulfonamides is 1. The zero-order valence-electron chi connectivity index (χ0n) is 23.1. The summed E-state index contributed by atoms with van der Waals surface area (Å²) in [7, 11) is -3.87. The summed E-state index contributed by atoms with van der Waals surface area (Å²) in [6.07, 6.45) is 0.931. The molecule has 0 spiro atoms. The maximum absolute atomic E-state index is 14.1. The van der Waals surface area contributed by atoms with Crippen molar-refractivity contribution in [2.75, 3.05) is 20.1 Å². The quantitative estimate of drug-likeness (QED) is 0.119. The van der Waals surface area contributed by atoms with E-state index >= 15 is 0 Å². The Kier molecular flexibility index (Phi) is 8.73. The van der Waals surface area contributed by atoms with E-state index in [1.54, 1.807) is 0 Å². The van der Waals surface area contributed by atoms with Crippen LogP contribution in [0.1, 0.15) is 49.3 Å². The van der Waals surface area contributed by atoms with Gasteiger partial charge in [-0.05, 0) is 74.9 Å². The van der Waals surface area contributed by atoms with Crippen molar-refractivity contribution >= 4 is 10.0 Å². The fourth-order valence-electron chi connectivity index (χ4n) is 5.71. The van der Waals surface area contributed by atoms with Crippen LogP contribution < -0.4 is 0 Å². The van der Waals surface area contributed by atoms with E-state index in [-0.39, 0.29) is 18.6 Å². The van der Waals surface area contributed by atoms with Crippen LogP contribution in [0.5, 0.6) is 0 Å². The minimum absolute atomic E-state index is 0.137. The molecule has 0 N–H and O–H groups in total. The van der Waals surface area contributed by atoms with Gasteiger partial charge in [0.15, 0.2) is 28.2 Å². The van der Waals surface area contributed by atoms with E-state index in [0.29, 0.717) is 29.6 Å². The molecule has 0 saturated carbocycles. The average Bonchev–Trinajstić information content (AvgIpc) is 2.92. The molecule has 1 aliphatic heterocycles. The third-order valence-corrected chi connectivity index (χ3v) is 10.2. The van der Waals surface area contributed by atoms with E-state index in [0.717, 1.165) is 7.05 Å². The van der Waals surface area contributed by atoms with Gasteiger partial charge in [-0.25, -0.2) is 34.7 Å². The van der Waals surface area contributed by atoms with Crippen LogP contribution >= 0.6 is 0 Å². The van der Waals surface area contributed by atoms with E-state index < -0.39 is 44.0 Å². The van der Waals surface area contributed by atoms with Gasteiger partial charge in [0.05, 0.1) is 0 Å². The monoisotopic (exact) mass is 580 g/mol. The molecule has 0 unspecified atom stereocenters. The summed E-state index contributed by atoms with van der Waals surface area (Å²) < 4.78 is 94.4. The highest BCUT2D eigenvalue weighted by atomic mass is 32.2. The van der Waals surface area contributed by atoms with E-state index in [2.05, 4.69) is 75.1 Å². The molecule has 216 valence electrons. The minimum atomic E-state index is -4.93. The Hall–Kier alpha value is -2.82. The molecule has 2 atom stereocenters. The first kappa shape index (κ1) is 30.1. The Morgan fingerprint density at radius 2 is 1.35 bits per heavy atom. The molecule has 40 heavy (non-hydrogen) atoms. The smallest absolute Gasteiger partial charge is 0.248 e. The first-order valence-electron chi connectivity index (χ1n) is 13.2. The molecule has 4 nitrogen and oxygen atoms in total. The Morgan fingerprint density at radius 1 is 0.800 bits per heavy atom. The maximum atomic E-state index is 14.1. The second-order valence-corrected chi connectivity index (χ2v) is 12.5. The van der Waals surface area contributed by atoms with Gasteiger partial charge in [-0.1, -0.05) is 42.5 Å². The fraction of sp³-hybridized carbons (Fsp3) is 0.400. The van der Waals surface area contributed by atoms with Crippen molar-refractivity contribution in [3.63, 3.8) is 0 Å². The summed E-state index contributed by atoms with van der Waals surface area (Å²) in [5.41, 5.74) is 6.15. The third kappa shape index (κ3) is 5.29. The minimum Gasteiger partial charge on any atom is -0.297 e. The molecule has 1 aliphatic rings. The summed E-state index contributed by atoms with van der Waals surface area (Å²) in [5.74, 6) is -11.4. The number of unbranched alkanes of at least 4 members (excludes halogenated alkanes) is 1. The highest BCUT2D eigenvalue weighted by Gasteiger charge is 2.43. The second-order valence-electron chi connectivity index (χ2n) is 10.5. The van der Waals surface area contributed by atoms with Gasteiger partial charge in [0.2, 0.25) is 15.8 Å². The molecule has 0 radical (unpaired) electrons. The maximum Gasteiger partial charge on any atom is 0.248 e. The first-order chi connectivity index (χ1) is 18.8. The zero-order valence-corrected chi connectivity index (χ0v) is 23.9. The van der Waals surface area contributed by atoms with Crippen molar-refractivity contribution < 1.29 is 30.4 Å². The number of likely N-dealkylation sites (tertiary alicyclic amines) is 1. The van der Waals surface area contributed by atoms with Gasteiger partial charge in [-0.3, -0.25) is 4.90 Å². The van der Waals surface area contributed by atoms with Crippen LogP contribution in [0.3, 0.4) is 0 Å². The van der Waals surface area contributed by atoms with Gasteiger partial charge in [0, 0.05) is 31.6 Å². The molecule has 0 amide bonds. The molecule has 3 aromatic rings. The van der Waals surface area contributed by atoms with Gasteiger partial charge in [0.25, 0.3) is 0 Å². The van der Waals surface area contributed by atoms with Gasteiger partial charge in [-0.2, -0.15) is 0 Å². The van der Waals surface area contributed by atoms with Crippen molar-refractivity contribution in [2.24, 2.45) is 0 Å². The number of aryl methyl sites for hydroxylation is 1. The summed E-state index contributed by atoms with van der Waals surface area (Å²) in [4.78, 5) is 0.477. The third-order valence-electron chi connectivity index (χ3n) is 8.27. The van der Waals surface area contributed by atoms with Crippen LogP contribution in [0, 0.1) is 42.9 Å². The van der Waals surface area contributed by atoms with Gasteiger partial charge in [0.1, 0.15) is 0 Å². The van der Waals surface area contributed by atoms with E-state index in [1.807, 2.05) is 0 Å². The van der Waals surface area contributed by atoms with E-state index in [4.69, 9.17) is 0 Å². The number of benzene rings is 3. The van der Waals surface area contributed by atoms with Gasteiger partial charge < -0.3 is 0 Å². The Morgan fingerprint density at radius 3 is 1.93 bits per heavy atom. The molecule has 1 saturated heterocycles. The number of hydrogen-bond acceptors (Lipinski definition) is 3. The Bertz CT molecular complexity index is 1470. The molecular formula is C30H33F5N2O2S. The summed E-state index contributed by atoms with van der Waals surface area (Å²) >= 11 is 0. The molecule has 1 heterocycles. The normalized spacial score (nSPS) is 18.4. The Labute approximate surface area is 232 Å². The van der Waals surface area contributed by atoms with Crippen LogP contribution in [-0.2, 0) is 10.0 Å². The van der Waals surface area contributed by atoms with Crippen molar-refractivity contribution in [2.45, 2.75) is 63.4 Å². The molecular weight excluding hydrogens is 547 g/mol. The lowest BCUT2D eigenvalue weighted by Crippen LogP contribution is -2.59. The zero-order chi connectivity index (χ0) is 29.5. The number of hydrogen-bond donors (Lipinski definition) is 0. The summed E-state index contributed by atoms with van der Waals surface area (Å²) in [6, 6.07) is 15.5. The molecule has 4 rings (SSSR count). The molecule has 0 aliphatic carbocycles. The highest BCUT2D eigenvalue weighted by molar-refractivity contribution is 7.89. The van der Waals surface area contributed by atoms with Crippen LogP contribution in [0.4, 0.5) is 22.0 Å². The second kappa shape index (κ2) is 11.6. The number of halogens is 5. The topological polar surface area (TPSA) is 40.6 Å². The van der Waals surface area contributed by atoms with Crippen LogP contribution in [0.15, 0.2) is 47.4 Å². The molecule has 3 aromatic carbocycles. The standard InChI is InChI=1S/C30H33F5N2O2S/c1-17-9-8-10-23(18(17)2)21-11-13-22(14-12-21)24-19(3)37(20(24)4)16-7-6-15-36(5)40(38,39)30-28(34)26(32)25(31)27(33)29(30)35/h8-14,19-20,24H,6-7,15-16H2,1-5H3/t19-,20-/m1/s1. The predicted molar refractivity (Wildman–Crippen MR) is 145 cm³/mol. The molecule has 0 bridgehead atoms. The molecule has 1 fully saturated rings. The number of rotatable bonds is 9. The predicted octanol–water partition coefficient (Wildman–Crippen LogP) is 6.94. The van der Waals surface area contributed by atoms with Gasteiger partial charge in [-0.15, -0.1) is 0 Å². The lowest BCUT2D eigenvalue weighted by molar-refractivity contribution is 0.00562. The molecule has 10 heteroatoms. The number of nitrogens with zero attached hydrogens (tertiary/aromatic N) is 2. The largest absolute Gasteiger partial charge is 0.297 e. The summed E-state index contributed by atoms with van der Waals surface area (Å²) in [6.45, 7) is 9.05. The van der Waals surface area contributed by atoms with Crippen molar-refractivity contribution in [1.29, 1.82) is 0 Å². The van der Waals surface area contributed by atoms with Crippen LogP contribution in [0.2, 0.25) is 0 Å². The Balaban J connectivity index is 1.33. The first-order valence-corrected chi connectivity index (χ1v) is 14.6. The SMILES string of the molecule is Cc1cccc(-c2ccc(C3[C@@H](C)N(CCCCN(C)S(=O)(=O)c4c(F)c(F)c(F)c(F)c4F)[C@@H]3C)cc2)c1C. The van der Waals surface area contributed by atoms with E-state index in [1.165, 1.54) is 27.8 Å². The highest BCUT2D eigenvalue weighted by Crippen LogP contribution is 2.41.